The van der Waals surface area contributed by atoms with Crippen LogP contribution in [0, 0.1) is 11.7 Å². The smallest absolute Gasteiger partial charge is 0.251 e. The number of hydrogen-bond acceptors (Lipinski definition) is 3. The van der Waals surface area contributed by atoms with E-state index in [-0.39, 0.29) is 17.2 Å². The maximum atomic E-state index is 13.7. The Balaban J connectivity index is 1.86. The summed E-state index contributed by atoms with van der Waals surface area (Å²) in [6.45, 7) is 1.57. The second kappa shape index (κ2) is 8.60. The monoisotopic (exact) mass is 349 g/mol. The number of amides is 3. The largest absolute Gasteiger partial charge is 0.366 e. The highest BCUT2D eigenvalue weighted by Gasteiger charge is 2.21. The van der Waals surface area contributed by atoms with Crippen LogP contribution in [0.2, 0.25) is 0 Å². The molecule has 1 saturated carbocycles. The van der Waals surface area contributed by atoms with Crippen LogP contribution in [0.15, 0.2) is 18.2 Å². The standard InChI is InChI=1S/C18H24FN3O3/c1-11(21-16(23)9-12-5-3-2-4-6-12)18(25)22-13-7-8-14(17(20)24)15(19)10-13/h7-8,10-12H,2-6,9H2,1H3,(H2,20,24)(H,21,23)(H,22,25). The summed E-state index contributed by atoms with van der Waals surface area (Å²) in [6.07, 6.45) is 6.07. The van der Waals surface area contributed by atoms with Crippen LogP contribution in [0.5, 0.6) is 0 Å². The van der Waals surface area contributed by atoms with Crippen LogP contribution in [0.4, 0.5) is 10.1 Å². The van der Waals surface area contributed by atoms with Crippen molar-refractivity contribution in [1.82, 2.24) is 5.32 Å². The molecule has 136 valence electrons. The number of nitrogens with two attached hydrogens (primary N) is 1. The van der Waals surface area contributed by atoms with E-state index < -0.39 is 23.7 Å². The molecule has 1 aliphatic rings. The average Bonchev–Trinajstić information content (AvgIpc) is 2.55. The minimum absolute atomic E-state index is 0.148. The lowest BCUT2D eigenvalue weighted by Crippen LogP contribution is -2.42. The third-order valence-corrected chi connectivity index (χ3v) is 4.47. The Morgan fingerprint density at radius 2 is 1.92 bits per heavy atom. The highest BCUT2D eigenvalue weighted by Crippen LogP contribution is 2.26. The van der Waals surface area contributed by atoms with Crippen LogP contribution >= 0.6 is 0 Å². The number of halogens is 1. The van der Waals surface area contributed by atoms with E-state index in [0.717, 1.165) is 31.7 Å². The first-order chi connectivity index (χ1) is 11.9. The number of anilines is 1. The van der Waals surface area contributed by atoms with Gasteiger partial charge in [0.15, 0.2) is 0 Å². The van der Waals surface area contributed by atoms with Gasteiger partial charge in [0.1, 0.15) is 11.9 Å². The van der Waals surface area contributed by atoms with Gasteiger partial charge in [-0.3, -0.25) is 14.4 Å². The van der Waals surface area contributed by atoms with Gasteiger partial charge in [-0.05, 0) is 43.9 Å². The van der Waals surface area contributed by atoms with Gasteiger partial charge in [-0.1, -0.05) is 19.3 Å². The molecule has 0 radical (unpaired) electrons. The summed E-state index contributed by atoms with van der Waals surface area (Å²) in [7, 11) is 0. The normalized spacial score (nSPS) is 16.1. The van der Waals surface area contributed by atoms with Gasteiger partial charge in [-0.15, -0.1) is 0 Å². The highest BCUT2D eigenvalue weighted by atomic mass is 19.1. The van der Waals surface area contributed by atoms with Gasteiger partial charge in [0.05, 0.1) is 5.56 Å². The third-order valence-electron chi connectivity index (χ3n) is 4.47. The van der Waals surface area contributed by atoms with Gasteiger partial charge in [0.2, 0.25) is 11.8 Å². The van der Waals surface area contributed by atoms with Crippen molar-refractivity contribution in [2.75, 3.05) is 5.32 Å². The Bertz CT molecular complexity index is 657. The molecule has 6 nitrogen and oxygen atoms in total. The van der Waals surface area contributed by atoms with Crippen LogP contribution in [0.25, 0.3) is 0 Å². The molecule has 0 heterocycles. The summed E-state index contributed by atoms with van der Waals surface area (Å²) in [4.78, 5) is 35.2. The molecule has 1 atom stereocenters. The molecule has 3 amide bonds. The summed E-state index contributed by atoms with van der Waals surface area (Å²) in [6, 6.07) is 2.88. The van der Waals surface area contributed by atoms with Crippen molar-refractivity contribution in [3.8, 4) is 0 Å². The lowest BCUT2D eigenvalue weighted by Gasteiger charge is -2.22. The molecule has 1 unspecified atom stereocenters. The molecule has 25 heavy (non-hydrogen) atoms. The molecule has 7 heteroatoms. The van der Waals surface area contributed by atoms with E-state index in [2.05, 4.69) is 10.6 Å². The summed E-state index contributed by atoms with van der Waals surface area (Å²) < 4.78 is 13.7. The fourth-order valence-corrected chi connectivity index (χ4v) is 3.06. The average molecular weight is 349 g/mol. The number of benzene rings is 1. The first-order valence-corrected chi connectivity index (χ1v) is 8.56. The molecule has 1 aliphatic carbocycles. The maximum absolute atomic E-state index is 13.7. The zero-order valence-electron chi connectivity index (χ0n) is 14.3. The number of carbonyl (C=O) groups is 3. The van der Waals surface area contributed by atoms with E-state index >= 15 is 0 Å². The van der Waals surface area contributed by atoms with E-state index in [4.69, 9.17) is 5.73 Å². The molecule has 0 bridgehead atoms. The van der Waals surface area contributed by atoms with E-state index in [1.165, 1.54) is 18.6 Å². The zero-order chi connectivity index (χ0) is 18.4. The second-order valence-electron chi connectivity index (χ2n) is 6.55. The number of nitrogens with one attached hydrogen (secondary N) is 2. The van der Waals surface area contributed by atoms with Crippen molar-refractivity contribution in [3.63, 3.8) is 0 Å². The molecule has 2 rings (SSSR count). The third kappa shape index (κ3) is 5.55. The zero-order valence-corrected chi connectivity index (χ0v) is 14.3. The van der Waals surface area contributed by atoms with Crippen molar-refractivity contribution in [2.45, 2.75) is 51.5 Å². The van der Waals surface area contributed by atoms with E-state index in [0.29, 0.717) is 12.3 Å². The van der Waals surface area contributed by atoms with Crippen molar-refractivity contribution >= 4 is 23.4 Å². The Morgan fingerprint density at radius 1 is 1.24 bits per heavy atom. The van der Waals surface area contributed by atoms with Gasteiger partial charge in [-0.25, -0.2) is 4.39 Å². The summed E-state index contributed by atoms with van der Waals surface area (Å²) in [5.74, 6) is -1.90. The predicted molar refractivity (Wildman–Crippen MR) is 92.3 cm³/mol. The minimum atomic E-state index is -0.876. The molecule has 1 aromatic carbocycles. The topological polar surface area (TPSA) is 101 Å². The number of hydrogen-bond donors (Lipinski definition) is 3. The van der Waals surface area contributed by atoms with Crippen LogP contribution in [-0.2, 0) is 9.59 Å². The van der Waals surface area contributed by atoms with E-state index in [1.54, 1.807) is 6.92 Å². The SMILES string of the molecule is CC(NC(=O)CC1CCCCC1)C(=O)Nc1ccc(C(N)=O)c(F)c1. The van der Waals surface area contributed by atoms with Crippen LogP contribution in [0.1, 0.15) is 55.8 Å². The molecule has 0 spiro atoms. The fraction of sp³-hybridized carbons (Fsp3) is 0.500. The Labute approximate surface area is 146 Å². The molecule has 4 N–H and O–H groups in total. The quantitative estimate of drug-likeness (QED) is 0.734. The van der Waals surface area contributed by atoms with Gasteiger partial charge in [0.25, 0.3) is 5.91 Å². The molecule has 0 saturated heterocycles. The summed E-state index contributed by atoms with van der Waals surface area (Å²) in [5.41, 5.74) is 4.98. The predicted octanol–water partition coefficient (Wildman–Crippen LogP) is 2.34. The molecular formula is C18H24FN3O3. The van der Waals surface area contributed by atoms with Gasteiger partial charge in [0, 0.05) is 12.1 Å². The summed E-state index contributed by atoms with van der Waals surface area (Å²) in [5, 5.41) is 5.18. The molecule has 0 aliphatic heterocycles. The molecular weight excluding hydrogens is 325 g/mol. The van der Waals surface area contributed by atoms with Crippen molar-refractivity contribution in [1.29, 1.82) is 0 Å². The van der Waals surface area contributed by atoms with Crippen LogP contribution in [-0.4, -0.2) is 23.8 Å². The number of carbonyl (C=O) groups excluding carboxylic acids is 3. The van der Waals surface area contributed by atoms with Gasteiger partial charge < -0.3 is 16.4 Å². The number of rotatable bonds is 6. The van der Waals surface area contributed by atoms with Crippen LogP contribution in [0.3, 0.4) is 0 Å². The highest BCUT2D eigenvalue weighted by molar-refractivity contribution is 5.98. The first-order valence-electron chi connectivity index (χ1n) is 8.56. The Hall–Kier alpha value is -2.44. The molecule has 0 aromatic heterocycles. The van der Waals surface area contributed by atoms with E-state index in [1.807, 2.05) is 0 Å². The van der Waals surface area contributed by atoms with Crippen molar-refractivity contribution < 1.29 is 18.8 Å². The lowest BCUT2D eigenvalue weighted by molar-refractivity contribution is -0.126. The Morgan fingerprint density at radius 3 is 2.52 bits per heavy atom. The maximum Gasteiger partial charge on any atom is 0.251 e. The number of primary amides is 1. The lowest BCUT2D eigenvalue weighted by atomic mass is 9.87. The summed E-state index contributed by atoms with van der Waals surface area (Å²) >= 11 is 0. The molecule has 1 aromatic rings. The second-order valence-corrected chi connectivity index (χ2v) is 6.55. The minimum Gasteiger partial charge on any atom is -0.366 e. The van der Waals surface area contributed by atoms with Gasteiger partial charge >= 0.3 is 0 Å². The van der Waals surface area contributed by atoms with Crippen molar-refractivity contribution in [3.05, 3.63) is 29.6 Å². The Kier molecular flexibility index (Phi) is 6.50. The van der Waals surface area contributed by atoms with Crippen LogP contribution < -0.4 is 16.4 Å². The fourth-order valence-electron chi connectivity index (χ4n) is 3.06. The molecule has 1 fully saturated rings. The van der Waals surface area contributed by atoms with Gasteiger partial charge in [-0.2, -0.15) is 0 Å². The van der Waals surface area contributed by atoms with Crippen molar-refractivity contribution in [2.24, 2.45) is 11.7 Å². The van der Waals surface area contributed by atoms with E-state index in [9.17, 15) is 18.8 Å². The first kappa shape index (κ1) is 18.9.